The van der Waals surface area contributed by atoms with E-state index in [-0.39, 0.29) is 29.9 Å². The fourth-order valence-corrected chi connectivity index (χ4v) is 4.44. The average molecular weight is 481 g/mol. The predicted octanol–water partition coefficient (Wildman–Crippen LogP) is 4.45. The largest absolute Gasteiger partial charge is 0.497 e. The van der Waals surface area contributed by atoms with Gasteiger partial charge in [-0.3, -0.25) is 9.59 Å². The molecule has 3 aromatic rings. The molecular formula is C27H29FN2O3S. The van der Waals surface area contributed by atoms with Crippen molar-refractivity contribution in [2.45, 2.75) is 24.8 Å². The van der Waals surface area contributed by atoms with Crippen LogP contribution in [0.25, 0.3) is 0 Å². The van der Waals surface area contributed by atoms with Crippen molar-refractivity contribution in [3.63, 3.8) is 0 Å². The fraction of sp³-hybridized carbons (Fsp3) is 0.259. The van der Waals surface area contributed by atoms with Crippen molar-refractivity contribution in [2.24, 2.45) is 0 Å². The third-order valence-corrected chi connectivity index (χ3v) is 6.43. The number of rotatable bonds is 11. The van der Waals surface area contributed by atoms with E-state index in [2.05, 4.69) is 5.32 Å². The lowest BCUT2D eigenvalue weighted by Gasteiger charge is -2.31. The molecule has 0 unspecified atom stereocenters. The van der Waals surface area contributed by atoms with E-state index in [9.17, 15) is 14.0 Å². The third-order valence-electron chi connectivity index (χ3n) is 5.44. The van der Waals surface area contributed by atoms with E-state index in [1.165, 1.54) is 23.9 Å². The lowest BCUT2D eigenvalue weighted by Crippen LogP contribution is -2.50. The van der Waals surface area contributed by atoms with Gasteiger partial charge in [0.15, 0.2) is 0 Å². The van der Waals surface area contributed by atoms with E-state index in [1.54, 1.807) is 31.2 Å². The van der Waals surface area contributed by atoms with Crippen LogP contribution in [0.3, 0.4) is 0 Å². The summed E-state index contributed by atoms with van der Waals surface area (Å²) in [6, 6.07) is 22.6. The molecule has 0 saturated carbocycles. The Labute approximate surface area is 204 Å². The number of hydrogen-bond acceptors (Lipinski definition) is 4. The van der Waals surface area contributed by atoms with E-state index in [0.29, 0.717) is 12.2 Å². The minimum atomic E-state index is -0.688. The van der Waals surface area contributed by atoms with Gasteiger partial charge in [-0.2, -0.15) is 0 Å². The first kappa shape index (κ1) is 25.3. The molecule has 34 heavy (non-hydrogen) atoms. The second-order valence-electron chi connectivity index (χ2n) is 7.81. The number of hydrogen-bond donors (Lipinski definition) is 1. The standard InChI is InChI=1S/C27H29FN2O3S/c1-29-27(32)25(16-20-6-4-3-5-7-20)30(17-21-8-12-23(28)13-9-21)26(31)19-34-18-22-10-14-24(33-2)15-11-22/h3-15,25H,16-19H2,1-2H3,(H,29,32)/t25-/m1/s1. The maximum atomic E-state index is 13.4. The summed E-state index contributed by atoms with van der Waals surface area (Å²) < 4.78 is 18.6. The summed E-state index contributed by atoms with van der Waals surface area (Å²) in [5.74, 6) is 0.930. The number of benzene rings is 3. The van der Waals surface area contributed by atoms with Gasteiger partial charge in [-0.05, 0) is 41.0 Å². The molecule has 0 bridgehead atoms. The first-order valence-electron chi connectivity index (χ1n) is 11.0. The van der Waals surface area contributed by atoms with Gasteiger partial charge in [0.05, 0.1) is 12.9 Å². The molecule has 5 nitrogen and oxygen atoms in total. The molecule has 0 spiro atoms. The second kappa shape index (κ2) is 12.8. The molecule has 1 N–H and O–H groups in total. The molecule has 3 aromatic carbocycles. The van der Waals surface area contributed by atoms with Crippen LogP contribution in [0.15, 0.2) is 78.9 Å². The summed E-state index contributed by atoms with van der Waals surface area (Å²) >= 11 is 1.49. The summed E-state index contributed by atoms with van der Waals surface area (Å²) in [4.78, 5) is 27.9. The van der Waals surface area contributed by atoms with E-state index in [1.807, 2.05) is 54.6 Å². The number of likely N-dealkylation sites (N-methyl/N-ethyl adjacent to an activating group) is 1. The first-order valence-corrected chi connectivity index (χ1v) is 12.2. The molecule has 0 saturated heterocycles. The molecular weight excluding hydrogens is 451 g/mol. The van der Waals surface area contributed by atoms with Crippen LogP contribution in [0.2, 0.25) is 0 Å². The van der Waals surface area contributed by atoms with Crippen LogP contribution in [-0.2, 0) is 28.3 Å². The number of thioether (sulfide) groups is 1. The van der Waals surface area contributed by atoms with Gasteiger partial charge < -0.3 is 15.0 Å². The highest BCUT2D eigenvalue weighted by molar-refractivity contribution is 7.99. The SMILES string of the molecule is CNC(=O)[C@@H](Cc1ccccc1)N(Cc1ccc(F)cc1)C(=O)CSCc1ccc(OC)cc1. The Morgan fingerprint density at radius 1 is 0.941 bits per heavy atom. The number of halogens is 1. The minimum absolute atomic E-state index is 0.146. The van der Waals surface area contributed by atoms with Crippen LogP contribution >= 0.6 is 11.8 Å². The molecule has 1 atom stereocenters. The highest BCUT2D eigenvalue weighted by atomic mass is 32.2. The molecule has 0 aliphatic heterocycles. The van der Waals surface area contributed by atoms with Crippen molar-refractivity contribution in [2.75, 3.05) is 19.9 Å². The summed E-state index contributed by atoms with van der Waals surface area (Å²) in [5.41, 5.74) is 2.80. The smallest absolute Gasteiger partial charge is 0.242 e. The average Bonchev–Trinajstić information content (AvgIpc) is 2.87. The Bertz CT molecular complexity index is 1060. The van der Waals surface area contributed by atoms with Crippen molar-refractivity contribution in [3.8, 4) is 5.75 Å². The number of ether oxygens (including phenoxy) is 1. The van der Waals surface area contributed by atoms with Gasteiger partial charge in [-0.25, -0.2) is 4.39 Å². The number of amides is 2. The topological polar surface area (TPSA) is 58.6 Å². The number of carbonyl (C=O) groups is 2. The van der Waals surface area contributed by atoms with E-state index in [0.717, 1.165) is 22.4 Å². The lowest BCUT2D eigenvalue weighted by atomic mass is 10.0. The van der Waals surface area contributed by atoms with Crippen LogP contribution in [-0.4, -0.2) is 42.7 Å². The van der Waals surface area contributed by atoms with E-state index < -0.39 is 6.04 Å². The van der Waals surface area contributed by atoms with E-state index in [4.69, 9.17) is 4.74 Å². The molecule has 0 aromatic heterocycles. The monoisotopic (exact) mass is 480 g/mol. The Morgan fingerprint density at radius 3 is 2.21 bits per heavy atom. The molecule has 0 radical (unpaired) electrons. The molecule has 2 amide bonds. The van der Waals surface area contributed by atoms with Gasteiger partial charge in [-0.1, -0.05) is 54.6 Å². The molecule has 178 valence electrons. The number of nitrogens with one attached hydrogen (secondary N) is 1. The molecule has 0 aliphatic carbocycles. The normalized spacial score (nSPS) is 11.5. The predicted molar refractivity (Wildman–Crippen MR) is 134 cm³/mol. The van der Waals surface area contributed by atoms with Crippen LogP contribution in [0.1, 0.15) is 16.7 Å². The number of methoxy groups -OCH3 is 1. The molecule has 0 aliphatic rings. The third kappa shape index (κ3) is 7.35. The van der Waals surface area contributed by atoms with Crippen molar-refractivity contribution < 1.29 is 18.7 Å². The first-order chi connectivity index (χ1) is 16.5. The van der Waals surface area contributed by atoms with Gasteiger partial charge in [0, 0.05) is 25.8 Å². The molecule has 0 fully saturated rings. The summed E-state index contributed by atoms with van der Waals surface area (Å²) in [5, 5.41) is 2.70. The van der Waals surface area contributed by atoms with Crippen molar-refractivity contribution >= 4 is 23.6 Å². The van der Waals surface area contributed by atoms with Crippen LogP contribution in [0.5, 0.6) is 5.75 Å². The zero-order valence-electron chi connectivity index (χ0n) is 19.4. The fourth-order valence-electron chi connectivity index (χ4n) is 3.57. The Hall–Kier alpha value is -3.32. The van der Waals surface area contributed by atoms with Crippen molar-refractivity contribution in [1.29, 1.82) is 0 Å². The quantitative estimate of drug-likeness (QED) is 0.441. The minimum Gasteiger partial charge on any atom is -0.497 e. The van der Waals surface area contributed by atoms with Crippen LogP contribution in [0.4, 0.5) is 4.39 Å². The van der Waals surface area contributed by atoms with E-state index >= 15 is 0 Å². The summed E-state index contributed by atoms with van der Waals surface area (Å²) in [6.07, 6.45) is 0.386. The number of carbonyl (C=O) groups excluding carboxylic acids is 2. The Kier molecular flexibility index (Phi) is 9.52. The van der Waals surface area contributed by atoms with Gasteiger partial charge in [0.2, 0.25) is 11.8 Å². The van der Waals surface area contributed by atoms with Crippen LogP contribution in [0, 0.1) is 5.82 Å². The molecule has 3 rings (SSSR count). The van der Waals surface area contributed by atoms with Crippen LogP contribution < -0.4 is 10.1 Å². The van der Waals surface area contributed by atoms with Crippen molar-refractivity contribution in [1.82, 2.24) is 10.2 Å². The maximum absolute atomic E-state index is 13.4. The molecule has 7 heteroatoms. The van der Waals surface area contributed by atoms with Crippen molar-refractivity contribution in [3.05, 3.63) is 101 Å². The highest BCUT2D eigenvalue weighted by Crippen LogP contribution is 2.20. The van der Waals surface area contributed by atoms with Gasteiger partial charge in [-0.15, -0.1) is 11.8 Å². The van der Waals surface area contributed by atoms with Gasteiger partial charge in [0.1, 0.15) is 17.6 Å². The van der Waals surface area contributed by atoms with Gasteiger partial charge >= 0.3 is 0 Å². The second-order valence-corrected chi connectivity index (χ2v) is 8.79. The summed E-state index contributed by atoms with van der Waals surface area (Å²) in [7, 11) is 3.19. The number of nitrogens with zero attached hydrogens (tertiary/aromatic N) is 1. The Balaban J connectivity index is 1.77. The Morgan fingerprint density at radius 2 is 1.59 bits per heavy atom. The summed E-state index contributed by atoms with van der Waals surface area (Å²) in [6.45, 7) is 0.215. The van der Waals surface area contributed by atoms with Gasteiger partial charge in [0.25, 0.3) is 0 Å². The highest BCUT2D eigenvalue weighted by Gasteiger charge is 2.29. The molecule has 0 heterocycles. The zero-order valence-corrected chi connectivity index (χ0v) is 20.2. The zero-order chi connectivity index (χ0) is 24.3. The lowest BCUT2D eigenvalue weighted by molar-refractivity contribution is -0.139. The maximum Gasteiger partial charge on any atom is 0.242 e.